The molecule has 2 rings (SSSR count). The van der Waals surface area contributed by atoms with Crippen LogP contribution < -0.4 is 0 Å². The van der Waals surface area contributed by atoms with Gasteiger partial charge in [0.1, 0.15) is 5.75 Å². The van der Waals surface area contributed by atoms with Gasteiger partial charge in [-0.1, -0.05) is 18.2 Å². The number of phenols is 1. The van der Waals surface area contributed by atoms with Crippen molar-refractivity contribution in [2.24, 2.45) is 0 Å². The summed E-state index contributed by atoms with van der Waals surface area (Å²) in [6.45, 7) is 4.82. The Labute approximate surface area is 130 Å². The zero-order valence-electron chi connectivity index (χ0n) is 12.8. The fraction of sp³-hybridized carbons (Fsp3) is 0.625. The summed E-state index contributed by atoms with van der Waals surface area (Å²) in [6, 6.07) is 5.57. The van der Waals surface area contributed by atoms with Crippen LogP contribution in [0.1, 0.15) is 11.1 Å². The smallest absolute Gasteiger partial charge is 0.126 e. The van der Waals surface area contributed by atoms with Gasteiger partial charge in [0.15, 0.2) is 0 Å². The fourth-order valence-electron chi connectivity index (χ4n) is 2.02. The molecule has 124 valence electrons. The molecule has 2 bridgehead atoms. The van der Waals surface area contributed by atoms with Crippen LogP contribution in [0.3, 0.4) is 0 Å². The summed E-state index contributed by atoms with van der Waals surface area (Å²) in [5.41, 5.74) is 1.50. The van der Waals surface area contributed by atoms with E-state index in [4.69, 9.17) is 23.7 Å². The maximum atomic E-state index is 10.2. The molecule has 22 heavy (non-hydrogen) atoms. The second kappa shape index (κ2) is 10.5. The van der Waals surface area contributed by atoms with Crippen LogP contribution in [0.2, 0.25) is 0 Å². The van der Waals surface area contributed by atoms with Gasteiger partial charge in [0.2, 0.25) is 0 Å². The number of para-hydroxylation sites is 1. The lowest BCUT2D eigenvalue weighted by Crippen LogP contribution is -2.13. The molecule has 1 heterocycles. The first-order chi connectivity index (χ1) is 10.9. The van der Waals surface area contributed by atoms with Crippen molar-refractivity contribution < 1.29 is 28.8 Å². The molecule has 1 aromatic rings. The fourth-order valence-corrected chi connectivity index (χ4v) is 2.02. The van der Waals surface area contributed by atoms with E-state index >= 15 is 0 Å². The summed E-state index contributed by atoms with van der Waals surface area (Å²) in [4.78, 5) is 0. The third-order valence-corrected chi connectivity index (χ3v) is 3.21. The van der Waals surface area contributed by atoms with Crippen LogP contribution in [0, 0.1) is 0 Å². The number of fused-ring (bicyclic) bond motifs is 2. The Kier molecular flexibility index (Phi) is 8.22. The van der Waals surface area contributed by atoms with E-state index in [0.29, 0.717) is 66.1 Å². The topological polar surface area (TPSA) is 66.4 Å². The van der Waals surface area contributed by atoms with E-state index in [2.05, 4.69) is 0 Å². The quantitative estimate of drug-likeness (QED) is 0.783. The molecule has 1 N–H and O–H groups in total. The minimum atomic E-state index is 0.235. The molecule has 0 saturated carbocycles. The monoisotopic (exact) mass is 312 g/mol. The van der Waals surface area contributed by atoms with E-state index in [9.17, 15) is 5.11 Å². The Bertz CT molecular complexity index is 389. The Balaban J connectivity index is 1.86. The summed E-state index contributed by atoms with van der Waals surface area (Å²) < 4.78 is 27.2. The van der Waals surface area contributed by atoms with E-state index in [1.54, 1.807) is 0 Å². The summed E-state index contributed by atoms with van der Waals surface area (Å²) in [5, 5.41) is 10.2. The number of rotatable bonds is 0. The molecule has 0 aromatic heterocycles. The summed E-state index contributed by atoms with van der Waals surface area (Å²) >= 11 is 0. The van der Waals surface area contributed by atoms with Crippen molar-refractivity contribution in [2.45, 2.75) is 13.2 Å². The number of ether oxygens (including phenoxy) is 5. The molecule has 6 nitrogen and oxygen atoms in total. The van der Waals surface area contributed by atoms with Gasteiger partial charge >= 0.3 is 0 Å². The molecular formula is C16H24O6. The molecular weight excluding hydrogens is 288 g/mol. The van der Waals surface area contributed by atoms with Gasteiger partial charge in [-0.3, -0.25) is 0 Å². The van der Waals surface area contributed by atoms with Crippen molar-refractivity contribution in [1.29, 1.82) is 0 Å². The highest BCUT2D eigenvalue weighted by atomic mass is 16.6. The van der Waals surface area contributed by atoms with E-state index in [1.807, 2.05) is 18.2 Å². The van der Waals surface area contributed by atoms with Crippen molar-refractivity contribution in [1.82, 2.24) is 0 Å². The Morgan fingerprint density at radius 2 is 0.955 bits per heavy atom. The molecule has 0 spiro atoms. The highest BCUT2D eigenvalue weighted by Gasteiger charge is 2.07. The normalized spacial score (nSPS) is 20.0. The van der Waals surface area contributed by atoms with Crippen LogP contribution >= 0.6 is 0 Å². The summed E-state index contributed by atoms with van der Waals surface area (Å²) in [5.74, 6) is 0.235. The van der Waals surface area contributed by atoms with Gasteiger partial charge in [-0.2, -0.15) is 0 Å². The van der Waals surface area contributed by atoms with Gasteiger partial charge in [0.25, 0.3) is 0 Å². The lowest BCUT2D eigenvalue weighted by Gasteiger charge is -2.12. The van der Waals surface area contributed by atoms with E-state index in [-0.39, 0.29) is 5.75 Å². The largest absolute Gasteiger partial charge is 0.507 e. The van der Waals surface area contributed by atoms with Crippen LogP contribution in [0.5, 0.6) is 5.75 Å². The molecule has 0 saturated heterocycles. The Morgan fingerprint density at radius 1 is 0.591 bits per heavy atom. The first-order valence-electron chi connectivity index (χ1n) is 7.56. The van der Waals surface area contributed by atoms with Crippen molar-refractivity contribution in [3.05, 3.63) is 29.3 Å². The molecule has 0 atom stereocenters. The SMILES string of the molecule is Oc1c2cccc1COCCOCCOCCOCCOC2. The number of hydrogen-bond donors (Lipinski definition) is 1. The summed E-state index contributed by atoms with van der Waals surface area (Å²) in [6.07, 6.45) is 0. The van der Waals surface area contributed by atoms with Gasteiger partial charge in [0, 0.05) is 11.1 Å². The molecule has 6 heteroatoms. The minimum Gasteiger partial charge on any atom is -0.507 e. The third-order valence-electron chi connectivity index (χ3n) is 3.21. The van der Waals surface area contributed by atoms with Crippen LogP contribution in [-0.4, -0.2) is 58.0 Å². The van der Waals surface area contributed by atoms with Gasteiger partial charge in [-0.15, -0.1) is 0 Å². The second-order valence-corrected chi connectivity index (χ2v) is 4.87. The number of phenolic OH excluding ortho intramolecular Hbond substituents is 1. The van der Waals surface area contributed by atoms with Crippen LogP contribution in [0.25, 0.3) is 0 Å². The Hall–Kier alpha value is -1.18. The van der Waals surface area contributed by atoms with Gasteiger partial charge < -0.3 is 28.8 Å². The average Bonchev–Trinajstić information content (AvgIpc) is 2.53. The van der Waals surface area contributed by atoms with Crippen molar-refractivity contribution in [2.75, 3.05) is 52.9 Å². The predicted octanol–water partition coefficient (Wildman–Crippen LogP) is 1.49. The highest BCUT2D eigenvalue weighted by molar-refractivity contribution is 5.39. The molecule has 0 unspecified atom stereocenters. The molecule has 1 aliphatic heterocycles. The Morgan fingerprint density at radius 3 is 1.36 bits per heavy atom. The maximum Gasteiger partial charge on any atom is 0.126 e. The molecule has 1 aliphatic rings. The minimum absolute atomic E-state index is 0.235. The predicted molar refractivity (Wildman–Crippen MR) is 79.9 cm³/mol. The average molecular weight is 312 g/mol. The number of hydrogen-bond acceptors (Lipinski definition) is 6. The standard InChI is InChI=1S/C16H24O6/c17-16-14-2-1-3-15(16)13-22-11-9-20-7-5-18-4-6-19-8-10-21-12-14/h1-3,17H,4-13H2. The van der Waals surface area contributed by atoms with Crippen LogP contribution in [0.15, 0.2) is 18.2 Å². The molecule has 0 radical (unpaired) electrons. The van der Waals surface area contributed by atoms with E-state index < -0.39 is 0 Å². The van der Waals surface area contributed by atoms with Crippen molar-refractivity contribution in [3.63, 3.8) is 0 Å². The molecule has 1 aromatic carbocycles. The first kappa shape index (κ1) is 17.2. The number of benzene rings is 1. The van der Waals surface area contributed by atoms with E-state index in [0.717, 1.165) is 11.1 Å². The molecule has 0 fully saturated rings. The van der Waals surface area contributed by atoms with Crippen molar-refractivity contribution >= 4 is 0 Å². The highest BCUT2D eigenvalue weighted by Crippen LogP contribution is 2.23. The van der Waals surface area contributed by atoms with Crippen LogP contribution in [-0.2, 0) is 36.9 Å². The van der Waals surface area contributed by atoms with Gasteiger partial charge in [-0.05, 0) is 0 Å². The van der Waals surface area contributed by atoms with Gasteiger partial charge in [0.05, 0.1) is 66.1 Å². The van der Waals surface area contributed by atoms with Gasteiger partial charge in [-0.25, -0.2) is 0 Å². The zero-order chi connectivity index (χ0) is 15.5. The lowest BCUT2D eigenvalue weighted by molar-refractivity contribution is -0.0148. The number of aromatic hydroxyl groups is 1. The van der Waals surface area contributed by atoms with E-state index in [1.165, 1.54) is 0 Å². The molecule has 0 amide bonds. The lowest BCUT2D eigenvalue weighted by atomic mass is 10.1. The second-order valence-electron chi connectivity index (χ2n) is 4.87. The maximum absolute atomic E-state index is 10.2. The third kappa shape index (κ3) is 6.29. The van der Waals surface area contributed by atoms with Crippen molar-refractivity contribution in [3.8, 4) is 5.75 Å². The zero-order valence-corrected chi connectivity index (χ0v) is 12.8. The summed E-state index contributed by atoms with van der Waals surface area (Å²) in [7, 11) is 0. The molecule has 0 aliphatic carbocycles. The first-order valence-corrected chi connectivity index (χ1v) is 7.56. The van der Waals surface area contributed by atoms with Crippen LogP contribution in [0.4, 0.5) is 0 Å².